The number of methoxy groups -OCH3 is 3. The number of carbonyl (C=O) groups is 1. The maximum absolute atomic E-state index is 12.3. The van der Waals surface area contributed by atoms with Gasteiger partial charge in [-0.1, -0.05) is 12.1 Å². The molecule has 0 saturated carbocycles. The fourth-order valence-electron chi connectivity index (χ4n) is 2.26. The Kier molecular flexibility index (Phi) is 5.41. The smallest absolute Gasteiger partial charge is 0.185 e. The minimum atomic E-state index is -0.0643. The lowest BCUT2D eigenvalue weighted by Crippen LogP contribution is -1.96. The van der Waals surface area contributed by atoms with Crippen LogP contribution in [0.15, 0.2) is 42.5 Å². The van der Waals surface area contributed by atoms with Crippen molar-refractivity contribution in [1.29, 1.82) is 0 Å². The van der Waals surface area contributed by atoms with Crippen LogP contribution >= 0.6 is 0 Å². The highest BCUT2D eigenvalue weighted by Gasteiger charge is 2.06. The normalized spacial score (nSPS) is 10.6. The van der Waals surface area contributed by atoms with E-state index in [2.05, 4.69) is 0 Å². The Morgan fingerprint density at radius 1 is 0.870 bits per heavy atom. The second-order valence-electron chi connectivity index (χ2n) is 5.00. The Hall–Kier alpha value is -2.75. The molecule has 2 rings (SSSR count). The molecule has 0 saturated heterocycles. The molecule has 0 radical (unpaired) electrons. The SMILES string of the molecule is COc1ccc(C(=O)/C=C/c2ccc(OC)c(OC)c2)cc1C. The predicted molar refractivity (Wildman–Crippen MR) is 90.6 cm³/mol. The van der Waals surface area contributed by atoms with Crippen molar-refractivity contribution in [2.45, 2.75) is 6.92 Å². The summed E-state index contributed by atoms with van der Waals surface area (Å²) in [4.78, 5) is 12.3. The van der Waals surface area contributed by atoms with Gasteiger partial charge in [0.05, 0.1) is 21.3 Å². The minimum Gasteiger partial charge on any atom is -0.496 e. The maximum atomic E-state index is 12.3. The third kappa shape index (κ3) is 3.92. The molecule has 0 fully saturated rings. The molecule has 0 atom stereocenters. The molecule has 0 aliphatic rings. The van der Waals surface area contributed by atoms with E-state index >= 15 is 0 Å². The van der Waals surface area contributed by atoms with Gasteiger partial charge in [0.15, 0.2) is 17.3 Å². The van der Waals surface area contributed by atoms with Crippen molar-refractivity contribution in [3.8, 4) is 17.2 Å². The van der Waals surface area contributed by atoms with E-state index < -0.39 is 0 Å². The van der Waals surface area contributed by atoms with Crippen molar-refractivity contribution in [2.24, 2.45) is 0 Å². The summed E-state index contributed by atoms with van der Waals surface area (Å²) in [6, 6.07) is 10.9. The van der Waals surface area contributed by atoms with Gasteiger partial charge < -0.3 is 14.2 Å². The summed E-state index contributed by atoms with van der Waals surface area (Å²) in [6.07, 6.45) is 3.30. The van der Waals surface area contributed by atoms with Crippen LogP contribution in [0.1, 0.15) is 21.5 Å². The fourth-order valence-corrected chi connectivity index (χ4v) is 2.26. The van der Waals surface area contributed by atoms with Gasteiger partial charge in [-0.05, 0) is 54.5 Å². The quantitative estimate of drug-likeness (QED) is 0.599. The van der Waals surface area contributed by atoms with Gasteiger partial charge in [0.25, 0.3) is 0 Å². The lowest BCUT2D eigenvalue weighted by molar-refractivity contribution is 0.104. The summed E-state index contributed by atoms with van der Waals surface area (Å²) >= 11 is 0. The number of hydrogen-bond donors (Lipinski definition) is 0. The molecule has 120 valence electrons. The Morgan fingerprint density at radius 2 is 1.52 bits per heavy atom. The van der Waals surface area contributed by atoms with Gasteiger partial charge in [-0.2, -0.15) is 0 Å². The number of carbonyl (C=O) groups excluding carboxylic acids is 1. The topological polar surface area (TPSA) is 44.8 Å². The van der Waals surface area contributed by atoms with Gasteiger partial charge >= 0.3 is 0 Å². The third-order valence-electron chi connectivity index (χ3n) is 3.51. The van der Waals surface area contributed by atoms with Gasteiger partial charge in [-0.25, -0.2) is 0 Å². The summed E-state index contributed by atoms with van der Waals surface area (Å²) in [5.74, 6) is 1.99. The first-order chi connectivity index (χ1) is 11.1. The van der Waals surface area contributed by atoms with Crippen molar-refractivity contribution >= 4 is 11.9 Å². The molecule has 0 spiro atoms. The highest BCUT2D eigenvalue weighted by atomic mass is 16.5. The summed E-state index contributed by atoms with van der Waals surface area (Å²) in [7, 11) is 4.78. The largest absolute Gasteiger partial charge is 0.496 e. The van der Waals surface area contributed by atoms with Gasteiger partial charge in [0.1, 0.15) is 5.75 Å². The fraction of sp³-hybridized carbons (Fsp3) is 0.211. The Balaban J connectivity index is 2.19. The van der Waals surface area contributed by atoms with Crippen molar-refractivity contribution < 1.29 is 19.0 Å². The summed E-state index contributed by atoms with van der Waals surface area (Å²) in [6.45, 7) is 1.91. The van der Waals surface area contributed by atoms with Gasteiger partial charge in [-0.15, -0.1) is 0 Å². The van der Waals surface area contributed by atoms with Crippen LogP contribution in [0, 0.1) is 6.92 Å². The number of allylic oxidation sites excluding steroid dienone is 1. The van der Waals surface area contributed by atoms with E-state index in [-0.39, 0.29) is 5.78 Å². The van der Waals surface area contributed by atoms with Crippen LogP contribution < -0.4 is 14.2 Å². The molecule has 2 aromatic carbocycles. The molecule has 0 unspecified atom stereocenters. The molecule has 23 heavy (non-hydrogen) atoms. The van der Waals surface area contributed by atoms with E-state index in [9.17, 15) is 4.79 Å². The number of benzene rings is 2. The summed E-state index contributed by atoms with van der Waals surface area (Å²) in [5, 5.41) is 0. The zero-order valence-corrected chi connectivity index (χ0v) is 13.8. The van der Waals surface area contributed by atoms with Crippen LogP contribution in [0.25, 0.3) is 6.08 Å². The van der Waals surface area contributed by atoms with E-state index in [4.69, 9.17) is 14.2 Å². The standard InChI is InChI=1S/C19H20O4/c1-13-11-15(7-10-17(13)21-2)16(20)8-5-14-6-9-18(22-3)19(12-14)23-4/h5-12H,1-4H3/b8-5+. The molecule has 0 amide bonds. The lowest BCUT2D eigenvalue weighted by atomic mass is 10.1. The number of hydrogen-bond acceptors (Lipinski definition) is 4. The lowest BCUT2D eigenvalue weighted by Gasteiger charge is -2.07. The molecule has 0 heterocycles. The molecule has 0 aliphatic heterocycles. The number of ether oxygens (including phenoxy) is 3. The van der Waals surface area contributed by atoms with Crippen LogP contribution in [0.3, 0.4) is 0 Å². The first-order valence-electron chi connectivity index (χ1n) is 7.18. The molecule has 4 nitrogen and oxygen atoms in total. The van der Waals surface area contributed by atoms with Crippen LogP contribution in [0.2, 0.25) is 0 Å². The molecule has 4 heteroatoms. The average Bonchev–Trinajstić information content (AvgIpc) is 2.59. The number of rotatable bonds is 6. The van der Waals surface area contributed by atoms with Crippen molar-refractivity contribution in [3.63, 3.8) is 0 Å². The number of ketones is 1. The summed E-state index contributed by atoms with van der Waals surface area (Å²) < 4.78 is 15.6. The van der Waals surface area contributed by atoms with E-state index in [1.54, 1.807) is 51.7 Å². The Bertz CT molecular complexity index is 732. The van der Waals surface area contributed by atoms with Crippen LogP contribution in [-0.4, -0.2) is 27.1 Å². The predicted octanol–water partition coefficient (Wildman–Crippen LogP) is 3.92. The van der Waals surface area contributed by atoms with Crippen LogP contribution in [0.4, 0.5) is 0 Å². The highest BCUT2D eigenvalue weighted by Crippen LogP contribution is 2.28. The van der Waals surface area contributed by atoms with E-state index in [0.29, 0.717) is 17.1 Å². The molecule has 2 aromatic rings. The van der Waals surface area contributed by atoms with Crippen LogP contribution in [-0.2, 0) is 0 Å². The molecule has 0 aliphatic carbocycles. The molecular weight excluding hydrogens is 292 g/mol. The van der Waals surface area contributed by atoms with E-state index in [0.717, 1.165) is 16.9 Å². The van der Waals surface area contributed by atoms with Gasteiger partial charge in [-0.3, -0.25) is 4.79 Å². The zero-order chi connectivity index (χ0) is 16.8. The molecular formula is C19H20O4. The molecule has 0 aromatic heterocycles. The Labute approximate surface area is 136 Å². The van der Waals surface area contributed by atoms with E-state index in [1.165, 1.54) is 0 Å². The third-order valence-corrected chi connectivity index (χ3v) is 3.51. The van der Waals surface area contributed by atoms with Gasteiger partial charge in [0, 0.05) is 5.56 Å². The Morgan fingerprint density at radius 3 is 2.13 bits per heavy atom. The van der Waals surface area contributed by atoms with Crippen molar-refractivity contribution in [1.82, 2.24) is 0 Å². The molecule has 0 N–H and O–H groups in total. The summed E-state index contributed by atoms with van der Waals surface area (Å²) in [5.41, 5.74) is 2.42. The highest BCUT2D eigenvalue weighted by molar-refractivity contribution is 6.07. The minimum absolute atomic E-state index is 0.0643. The first kappa shape index (κ1) is 16.6. The molecule has 0 bridgehead atoms. The zero-order valence-electron chi connectivity index (χ0n) is 13.8. The second kappa shape index (κ2) is 7.49. The number of aryl methyl sites for hydroxylation is 1. The van der Waals surface area contributed by atoms with Gasteiger partial charge in [0.2, 0.25) is 0 Å². The van der Waals surface area contributed by atoms with E-state index in [1.807, 2.05) is 25.1 Å². The van der Waals surface area contributed by atoms with Crippen molar-refractivity contribution in [3.05, 3.63) is 59.2 Å². The monoisotopic (exact) mass is 312 g/mol. The maximum Gasteiger partial charge on any atom is 0.185 e. The van der Waals surface area contributed by atoms with Crippen LogP contribution in [0.5, 0.6) is 17.2 Å². The average molecular weight is 312 g/mol. The van der Waals surface area contributed by atoms with Crippen molar-refractivity contribution in [2.75, 3.05) is 21.3 Å². The second-order valence-corrected chi connectivity index (χ2v) is 5.00. The first-order valence-corrected chi connectivity index (χ1v) is 7.18.